The van der Waals surface area contributed by atoms with E-state index in [0.29, 0.717) is 31.0 Å². The van der Waals surface area contributed by atoms with E-state index in [1.807, 2.05) is 6.92 Å². The third kappa shape index (κ3) is 1.71. The van der Waals surface area contributed by atoms with Gasteiger partial charge < -0.3 is 15.0 Å². The van der Waals surface area contributed by atoms with Gasteiger partial charge in [-0.2, -0.15) is 4.98 Å². The van der Waals surface area contributed by atoms with Gasteiger partial charge in [-0.15, -0.1) is 0 Å². The second kappa shape index (κ2) is 3.43. The van der Waals surface area contributed by atoms with Crippen molar-refractivity contribution in [3.05, 3.63) is 11.7 Å². The molecule has 0 saturated carbocycles. The topological polar surface area (TPSA) is 74.2 Å². The molecule has 2 unspecified atom stereocenters. The van der Waals surface area contributed by atoms with Crippen LogP contribution < -0.4 is 5.73 Å². The van der Waals surface area contributed by atoms with Crippen molar-refractivity contribution in [2.75, 3.05) is 6.61 Å². The summed E-state index contributed by atoms with van der Waals surface area (Å²) < 4.78 is 10.5. The lowest BCUT2D eigenvalue weighted by atomic mass is 10.1. The molecular formula is C8H13N3O2. The molecule has 1 saturated heterocycles. The Balaban J connectivity index is 2.08. The van der Waals surface area contributed by atoms with E-state index in [1.54, 1.807) is 0 Å². The van der Waals surface area contributed by atoms with Crippen molar-refractivity contribution < 1.29 is 9.26 Å². The zero-order valence-electron chi connectivity index (χ0n) is 7.56. The summed E-state index contributed by atoms with van der Waals surface area (Å²) in [6, 6.07) is 0. The molecule has 0 aliphatic carbocycles. The van der Waals surface area contributed by atoms with E-state index in [1.165, 1.54) is 0 Å². The second-order valence-corrected chi connectivity index (χ2v) is 3.33. The fraction of sp³-hybridized carbons (Fsp3) is 0.750. The molecular weight excluding hydrogens is 170 g/mol. The van der Waals surface area contributed by atoms with Gasteiger partial charge in [0.05, 0.1) is 25.2 Å². The van der Waals surface area contributed by atoms with Crippen LogP contribution in [-0.2, 0) is 11.3 Å². The van der Waals surface area contributed by atoms with Gasteiger partial charge in [0.25, 0.3) is 0 Å². The first-order valence-corrected chi connectivity index (χ1v) is 4.43. The largest absolute Gasteiger partial charge is 0.378 e. The van der Waals surface area contributed by atoms with Crippen molar-refractivity contribution in [3.63, 3.8) is 0 Å². The minimum atomic E-state index is 0.253. The zero-order valence-corrected chi connectivity index (χ0v) is 7.56. The number of rotatable bonds is 2. The third-order valence-electron chi connectivity index (χ3n) is 2.21. The van der Waals surface area contributed by atoms with Crippen LogP contribution in [0.5, 0.6) is 0 Å². The number of nitrogens with two attached hydrogens (primary N) is 1. The first kappa shape index (κ1) is 8.65. The Bertz CT molecular complexity index is 287. The molecule has 2 N–H and O–H groups in total. The molecule has 2 heterocycles. The number of aromatic nitrogens is 2. The van der Waals surface area contributed by atoms with Crippen LogP contribution in [0.25, 0.3) is 0 Å². The molecule has 2 rings (SSSR count). The van der Waals surface area contributed by atoms with Gasteiger partial charge in [-0.05, 0) is 13.3 Å². The molecule has 1 aromatic rings. The summed E-state index contributed by atoms with van der Waals surface area (Å²) in [6.45, 7) is 3.04. The lowest BCUT2D eigenvalue weighted by molar-refractivity contribution is 0.122. The number of nitrogens with zero attached hydrogens (tertiary/aromatic N) is 2. The maximum Gasteiger partial charge on any atom is 0.232 e. The summed E-state index contributed by atoms with van der Waals surface area (Å²) in [7, 11) is 0. The predicted octanol–water partition coefficient (Wildman–Crippen LogP) is 0.421. The maximum atomic E-state index is 5.40. The smallest absolute Gasteiger partial charge is 0.232 e. The van der Waals surface area contributed by atoms with Gasteiger partial charge in [-0.3, -0.25) is 0 Å². The van der Waals surface area contributed by atoms with Crippen molar-refractivity contribution in [1.82, 2.24) is 10.1 Å². The van der Waals surface area contributed by atoms with Crippen LogP contribution in [0.3, 0.4) is 0 Å². The van der Waals surface area contributed by atoms with Gasteiger partial charge in [-0.25, -0.2) is 0 Å². The van der Waals surface area contributed by atoms with Gasteiger partial charge in [0.2, 0.25) is 5.89 Å². The highest BCUT2D eigenvalue weighted by atomic mass is 16.5. The maximum absolute atomic E-state index is 5.40. The first-order valence-electron chi connectivity index (χ1n) is 4.43. The van der Waals surface area contributed by atoms with E-state index in [4.69, 9.17) is 15.0 Å². The molecule has 1 aliphatic heterocycles. The van der Waals surface area contributed by atoms with E-state index in [-0.39, 0.29) is 5.92 Å². The molecule has 0 spiro atoms. The van der Waals surface area contributed by atoms with Crippen molar-refractivity contribution in [3.8, 4) is 0 Å². The highest BCUT2D eigenvalue weighted by Crippen LogP contribution is 2.27. The molecule has 5 nitrogen and oxygen atoms in total. The molecule has 0 bridgehead atoms. The van der Waals surface area contributed by atoms with E-state index < -0.39 is 0 Å². The van der Waals surface area contributed by atoms with Gasteiger partial charge in [0.1, 0.15) is 0 Å². The third-order valence-corrected chi connectivity index (χ3v) is 2.21. The van der Waals surface area contributed by atoms with Crippen molar-refractivity contribution in [1.29, 1.82) is 0 Å². The van der Waals surface area contributed by atoms with Crippen LogP contribution in [0.15, 0.2) is 4.52 Å². The summed E-state index contributed by atoms with van der Waals surface area (Å²) in [5.41, 5.74) is 5.37. The Hall–Kier alpha value is -0.940. The molecule has 72 valence electrons. The highest BCUT2D eigenvalue weighted by Gasteiger charge is 2.27. The molecule has 2 atom stereocenters. The highest BCUT2D eigenvalue weighted by molar-refractivity contribution is 4.96. The number of hydrogen-bond donors (Lipinski definition) is 1. The number of hydrogen-bond acceptors (Lipinski definition) is 5. The lowest BCUT2D eigenvalue weighted by Gasteiger charge is -1.98. The Morgan fingerprint density at radius 3 is 3.00 bits per heavy atom. The van der Waals surface area contributed by atoms with Crippen molar-refractivity contribution in [2.45, 2.75) is 31.9 Å². The van der Waals surface area contributed by atoms with Crippen molar-refractivity contribution >= 4 is 0 Å². The molecule has 1 fully saturated rings. The lowest BCUT2D eigenvalue weighted by Crippen LogP contribution is -2.01. The summed E-state index contributed by atoms with van der Waals surface area (Å²) >= 11 is 0. The van der Waals surface area contributed by atoms with E-state index in [0.717, 1.165) is 6.42 Å². The normalized spacial score (nSPS) is 28.2. The average molecular weight is 183 g/mol. The van der Waals surface area contributed by atoms with Crippen LogP contribution in [0.1, 0.15) is 31.0 Å². The van der Waals surface area contributed by atoms with E-state index >= 15 is 0 Å². The zero-order chi connectivity index (χ0) is 9.26. The molecule has 0 aromatic carbocycles. The molecule has 0 radical (unpaired) electrons. The predicted molar refractivity (Wildman–Crippen MR) is 45.0 cm³/mol. The van der Waals surface area contributed by atoms with Crippen LogP contribution in [0.2, 0.25) is 0 Å². The first-order chi connectivity index (χ1) is 6.29. The van der Waals surface area contributed by atoms with Crippen LogP contribution in [-0.4, -0.2) is 22.9 Å². The second-order valence-electron chi connectivity index (χ2n) is 3.33. The number of ether oxygens (including phenoxy) is 1. The van der Waals surface area contributed by atoms with Gasteiger partial charge in [0, 0.05) is 0 Å². The van der Waals surface area contributed by atoms with Crippen molar-refractivity contribution in [2.24, 2.45) is 5.73 Å². The fourth-order valence-corrected chi connectivity index (χ4v) is 1.51. The van der Waals surface area contributed by atoms with Gasteiger partial charge >= 0.3 is 0 Å². The quantitative estimate of drug-likeness (QED) is 0.719. The summed E-state index contributed by atoms with van der Waals surface area (Å²) in [6.07, 6.45) is 1.24. The SMILES string of the molecule is CC1CC(c2nc(CN)no2)CO1. The Morgan fingerprint density at radius 1 is 1.62 bits per heavy atom. The molecule has 1 aromatic heterocycles. The summed E-state index contributed by atoms with van der Waals surface area (Å²) in [5.74, 6) is 1.47. The van der Waals surface area contributed by atoms with Crippen LogP contribution in [0.4, 0.5) is 0 Å². The van der Waals surface area contributed by atoms with Crippen LogP contribution in [0, 0.1) is 0 Å². The minimum absolute atomic E-state index is 0.253. The van der Waals surface area contributed by atoms with E-state index in [2.05, 4.69) is 10.1 Å². The molecule has 0 amide bonds. The van der Waals surface area contributed by atoms with Gasteiger partial charge in [-0.1, -0.05) is 5.16 Å². The summed E-state index contributed by atoms with van der Waals surface area (Å²) in [5, 5.41) is 3.74. The Labute approximate surface area is 76.3 Å². The molecule has 1 aliphatic rings. The van der Waals surface area contributed by atoms with Gasteiger partial charge in [0.15, 0.2) is 5.82 Å². The fourth-order valence-electron chi connectivity index (χ4n) is 1.51. The standard InChI is InChI=1S/C8H13N3O2/c1-5-2-6(4-12-5)8-10-7(3-9)11-13-8/h5-6H,2-4,9H2,1H3. The van der Waals surface area contributed by atoms with E-state index in [9.17, 15) is 0 Å². The van der Waals surface area contributed by atoms with Crippen LogP contribution >= 0.6 is 0 Å². The average Bonchev–Trinajstić information content (AvgIpc) is 2.71. The minimum Gasteiger partial charge on any atom is -0.378 e. The Kier molecular flexibility index (Phi) is 2.28. The Morgan fingerprint density at radius 2 is 2.46 bits per heavy atom. The molecule has 5 heteroatoms. The molecule has 13 heavy (non-hydrogen) atoms. The summed E-state index contributed by atoms with van der Waals surface area (Å²) in [4.78, 5) is 4.16. The monoisotopic (exact) mass is 183 g/mol.